The molecule has 0 radical (unpaired) electrons. The van der Waals surface area contributed by atoms with Gasteiger partial charge in [-0.05, 0) is 0 Å². The second-order valence-electron chi connectivity index (χ2n) is 1.94. The average Bonchev–Trinajstić information content (AvgIpc) is 2.18. The van der Waals surface area contributed by atoms with Crippen LogP contribution in [0.4, 0.5) is 0 Å². The van der Waals surface area contributed by atoms with Gasteiger partial charge in [0, 0.05) is 0 Å². The number of rotatable bonds is 1. The topological polar surface area (TPSA) is 65.2 Å². The van der Waals surface area contributed by atoms with E-state index >= 15 is 0 Å². The fourth-order valence-electron chi connectivity index (χ4n) is 0.169. The molecule has 0 bridgehead atoms. The van der Waals surface area contributed by atoms with Gasteiger partial charge in [-0.1, -0.05) is 0 Å². The van der Waals surface area contributed by atoms with Crippen molar-refractivity contribution in [3.8, 4) is 0 Å². The van der Waals surface area contributed by atoms with Crippen LogP contribution in [0, 0.1) is 0 Å². The molecule has 0 spiro atoms. The maximum Gasteiger partial charge on any atom is 1.00 e. The predicted octanol–water partition coefficient (Wildman–Crippen LogP) is -3.21. The van der Waals surface area contributed by atoms with Crippen LogP contribution < -0.4 is 34.5 Å². The van der Waals surface area contributed by atoms with Gasteiger partial charge in [-0.2, -0.15) is 0 Å². The molecule has 0 N–H and O–H groups in total. The number of hydrogen-bond acceptors (Lipinski definition) is 4. The largest absolute Gasteiger partial charge is 1.00 e. The standard InChI is InChI=1S/C3H6O4P.Na/c1-3(4)8(2,5)6-7-8;/h1-2H3;/q-1;+1. The van der Waals surface area contributed by atoms with Gasteiger partial charge in [0.05, 0.1) is 0 Å². The van der Waals surface area contributed by atoms with Crippen LogP contribution in [0.3, 0.4) is 0 Å². The summed E-state index contributed by atoms with van der Waals surface area (Å²) in [6.07, 6.45) is 0. The van der Waals surface area contributed by atoms with Crippen LogP contribution in [-0.2, 0) is 14.1 Å². The molecule has 1 saturated heterocycles. The summed E-state index contributed by atoms with van der Waals surface area (Å²) < 4.78 is 8.14. The molecule has 1 aliphatic heterocycles. The summed E-state index contributed by atoms with van der Waals surface area (Å²) >= 11 is 0. The maximum atomic E-state index is 10.8. The molecule has 0 amide bonds. The van der Waals surface area contributed by atoms with Gasteiger partial charge in [-0.15, -0.1) is 0 Å². The quantitative estimate of drug-likeness (QED) is 0.175. The third-order valence-corrected chi connectivity index (χ3v) is 3.18. The van der Waals surface area contributed by atoms with E-state index in [1.807, 2.05) is 0 Å². The molecular weight excluding hydrogens is 154 g/mol. The van der Waals surface area contributed by atoms with Crippen LogP contribution in [-0.4, -0.2) is 12.2 Å². The first kappa shape index (κ1) is 9.98. The van der Waals surface area contributed by atoms with Crippen LogP contribution >= 0.6 is 7.28 Å². The molecule has 1 heterocycles. The fraction of sp³-hybridized carbons (Fsp3) is 0.667. The molecule has 48 valence electrons. The first-order valence-electron chi connectivity index (χ1n) is 2.09. The minimum Gasteiger partial charge on any atom is 1.00 e. The Hall–Kier alpha value is 0.980. The Labute approximate surface area is 74.9 Å². The first-order valence-corrected chi connectivity index (χ1v) is 4.53. The van der Waals surface area contributed by atoms with Gasteiger partial charge in [0.15, 0.2) is 0 Å². The van der Waals surface area contributed by atoms with E-state index in [1.54, 1.807) is 0 Å². The predicted molar refractivity (Wildman–Crippen MR) is 25.7 cm³/mol. The maximum absolute atomic E-state index is 10.8. The van der Waals surface area contributed by atoms with Crippen molar-refractivity contribution >= 4 is 12.8 Å². The zero-order valence-corrected chi connectivity index (χ0v) is 8.47. The van der Waals surface area contributed by atoms with Crippen LogP contribution in [0.5, 0.6) is 0 Å². The molecule has 6 heteroatoms. The summed E-state index contributed by atoms with van der Waals surface area (Å²) in [4.78, 5) is 21.2. The van der Waals surface area contributed by atoms with Gasteiger partial charge < -0.3 is 0 Å². The summed E-state index contributed by atoms with van der Waals surface area (Å²) in [5.41, 5.74) is -0.531. The minimum absolute atomic E-state index is 0. The van der Waals surface area contributed by atoms with Crippen molar-refractivity contribution in [3.63, 3.8) is 0 Å². The minimum atomic E-state index is -3.82. The van der Waals surface area contributed by atoms with Crippen LogP contribution in [0.1, 0.15) is 6.92 Å². The second kappa shape index (κ2) is 2.24. The Balaban J connectivity index is 0.000000640. The smallest absolute Gasteiger partial charge is 1.00 e. The van der Waals surface area contributed by atoms with Gasteiger partial charge in [-0.3, -0.25) is 0 Å². The van der Waals surface area contributed by atoms with E-state index in [1.165, 1.54) is 13.6 Å². The number of hydrogen-bond donors (Lipinski definition) is 0. The average molecular weight is 160 g/mol. The summed E-state index contributed by atoms with van der Waals surface area (Å²) in [5.74, 6) is 0. The van der Waals surface area contributed by atoms with Crippen molar-refractivity contribution in [2.75, 3.05) is 6.66 Å². The van der Waals surface area contributed by atoms with Crippen LogP contribution in [0.2, 0.25) is 0 Å². The Morgan fingerprint density at radius 2 is 1.89 bits per heavy atom. The van der Waals surface area contributed by atoms with E-state index in [9.17, 15) is 9.69 Å². The fourth-order valence-corrected chi connectivity index (χ4v) is 0.887. The van der Waals surface area contributed by atoms with Crippen molar-refractivity contribution in [1.82, 2.24) is 0 Å². The Kier molecular flexibility index (Phi) is 2.48. The summed E-state index contributed by atoms with van der Waals surface area (Å²) in [7, 11) is -3.82. The van der Waals surface area contributed by atoms with Crippen molar-refractivity contribution in [2.24, 2.45) is 0 Å². The van der Waals surface area contributed by atoms with Crippen molar-refractivity contribution in [3.05, 3.63) is 0 Å². The normalized spacial score (nSPS) is 30.8. The molecule has 0 saturated carbocycles. The zero-order valence-electron chi connectivity index (χ0n) is 5.58. The van der Waals surface area contributed by atoms with E-state index in [4.69, 9.17) is 0 Å². The molecule has 1 rings (SSSR count). The van der Waals surface area contributed by atoms with Crippen molar-refractivity contribution < 1.29 is 48.6 Å². The monoisotopic (exact) mass is 160 g/mol. The zero-order chi connectivity index (χ0) is 6.44. The Morgan fingerprint density at radius 3 is 1.89 bits per heavy atom. The van der Waals surface area contributed by atoms with Crippen LogP contribution in [0.25, 0.3) is 0 Å². The molecular formula is C3H6NaO4P. The SMILES string of the molecule is CC(=O)P1(C)([O-])OO1.[Na+]. The van der Waals surface area contributed by atoms with Crippen molar-refractivity contribution in [1.29, 1.82) is 0 Å². The molecule has 1 aliphatic rings. The van der Waals surface area contributed by atoms with Gasteiger partial charge in [0.1, 0.15) is 0 Å². The summed E-state index contributed by atoms with van der Waals surface area (Å²) in [6, 6.07) is 0. The van der Waals surface area contributed by atoms with Gasteiger partial charge in [-0.25, -0.2) is 0 Å². The molecule has 0 aromatic carbocycles. The Bertz CT molecular complexity index is 148. The Morgan fingerprint density at radius 1 is 1.56 bits per heavy atom. The van der Waals surface area contributed by atoms with Gasteiger partial charge in [0.25, 0.3) is 0 Å². The molecule has 4 nitrogen and oxygen atoms in total. The van der Waals surface area contributed by atoms with Crippen LogP contribution in [0.15, 0.2) is 0 Å². The molecule has 0 unspecified atom stereocenters. The van der Waals surface area contributed by atoms with E-state index in [-0.39, 0.29) is 29.6 Å². The molecule has 9 heavy (non-hydrogen) atoms. The van der Waals surface area contributed by atoms with E-state index in [2.05, 4.69) is 9.35 Å². The number of carbonyl (C=O) groups is 1. The number of carbonyl (C=O) groups excluding carboxylic acids is 1. The summed E-state index contributed by atoms with van der Waals surface area (Å²) in [6.45, 7) is 2.35. The van der Waals surface area contributed by atoms with E-state index in [0.717, 1.165) is 0 Å². The molecule has 0 aromatic rings. The third kappa shape index (κ3) is 1.71. The molecule has 1 fully saturated rings. The van der Waals surface area contributed by atoms with E-state index < -0.39 is 12.8 Å². The second-order valence-corrected chi connectivity index (χ2v) is 5.40. The summed E-state index contributed by atoms with van der Waals surface area (Å²) in [5, 5.41) is 0. The van der Waals surface area contributed by atoms with Gasteiger partial charge >= 0.3 is 75.0 Å². The molecule has 0 atom stereocenters. The van der Waals surface area contributed by atoms with Gasteiger partial charge in [0.2, 0.25) is 0 Å². The van der Waals surface area contributed by atoms with Crippen molar-refractivity contribution in [2.45, 2.75) is 6.92 Å². The molecule has 0 aliphatic carbocycles. The first-order chi connectivity index (χ1) is 3.44. The third-order valence-electron chi connectivity index (χ3n) is 1.06. The van der Waals surface area contributed by atoms with E-state index in [0.29, 0.717) is 0 Å². The molecule has 0 aromatic heterocycles.